The summed E-state index contributed by atoms with van der Waals surface area (Å²) >= 11 is 0. The lowest BCUT2D eigenvalue weighted by molar-refractivity contribution is 0.149. The van der Waals surface area contributed by atoms with Crippen LogP contribution in [-0.2, 0) is 0 Å². The summed E-state index contributed by atoms with van der Waals surface area (Å²) < 4.78 is 0. The number of rotatable bonds is 5. The van der Waals surface area contributed by atoms with Crippen molar-refractivity contribution < 1.29 is 0 Å². The molecule has 1 fully saturated rings. The summed E-state index contributed by atoms with van der Waals surface area (Å²) in [7, 11) is 0. The third-order valence-electron chi connectivity index (χ3n) is 4.13. The number of hydrazine groups is 1. The lowest BCUT2D eigenvalue weighted by Gasteiger charge is -2.33. The van der Waals surface area contributed by atoms with Gasteiger partial charge in [0.2, 0.25) is 0 Å². The molecule has 0 atom stereocenters. The Balaban J connectivity index is 1.81. The van der Waals surface area contributed by atoms with Gasteiger partial charge in [0.25, 0.3) is 0 Å². The van der Waals surface area contributed by atoms with Crippen LogP contribution in [0.15, 0.2) is 30.3 Å². The van der Waals surface area contributed by atoms with Crippen LogP contribution in [0.25, 0.3) is 0 Å². The van der Waals surface area contributed by atoms with Crippen LogP contribution >= 0.6 is 0 Å². The largest absolute Gasteiger partial charge is 0.252 e. The van der Waals surface area contributed by atoms with Gasteiger partial charge in [-0.2, -0.15) is 0 Å². The maximum Gasteiger partial charge on any atom is 0.0215 e. The highest BCUT2D eigenvalue weighted by Gasteiger charge is 2.22. The maximum absolute atomic E-state index is 3.66. The number of nitrogens with zero attached hydrogens (tertiary/aromatic N) is 1. The van der Waals surface area contributed by atoms with Gasteiger partial charge < -0.3 is 0 Å². The van der Waals surface area contributed by atoms with Crippen molar-refractivity contribution in [2.45, 2.75) is 51.5 Å². The lowest BCUT2D eigenvalue weighted by atomic mass is 9.82. The van der Waals surface area contributed by atoms with Crippen molar-refractivity contribution in [2.24, 2.45) is 0 Å². The Hall–Kier alpha value is -0.860. The highest BCUT2D eigenvalue weighted by molar-refractivity contribution is 5.20. The molecule has 0 amide bonds. The van der Waals surface area contributed by atoms with Crippen molar-refractivity contribution in [2.75, 3.05) is 13.1 Å². The molecule has 2 nitrogen and oxygen atoms in total. The standard InChI is InChI=1S/C16H26N2/c1-3-18(4-2)17-16-12-10-15(11-13-16)14-8-6-5-7-9-14/h5-9,15-17H,3-4,10-13H2,1-2H3. The molecule has 0 saturated heterocycles. The van der Waals surface area contributed by atoms with Crippen LogP contribution in [0.1, 0.15) is 51.0 Å². The highest BCUT2D eigenvalue weighted by atomic mass is 15.5. The first kappa shape index (κ1) is 13.6. The molecule has 0 spiro atoms. The fourth-order valence-electron chi connectivity index (χ4n) is 2.95. The van der Waals surface area contributed by atoms with E-state index in [-0.39, 0.29) is 0 Å². The molecule has 0 aliphatic heterocycles. The summed E-state index contributed by atoms with van der Waals surface area (Å²) in [6.45, 7) is 6.61. The van der Waals surface area contributed by atoms with E-state index in [9.17, 15) is 0 Å². The molecule has 0 bridgehead atoms. The molecular formula is C16H26N2. The van der Waals surface area contributed by atoms with Crippen molar-refractivity contribution in [3.05, 3.63) is 35.9 Å². The van der Waals surface area contributed by atoms with E-state index < -0.39 is 0 Å². The minimum absolute atomic E-state index is 0.685. The van der Waals surface area contributed by atoms with Crippen molar-refractivity contribution in [3.8, 4) is 0 Å². The van der Waals surface area contributed by atoms with Crippen molar-refractivity contribution >= 4 is 0 Å². The van der Waals surface area contributed by atoms with Gasteiger partial charge in [0.05, 0.1) is 0 Å². The molecule has 1 aromatic carbocycles. The maximum atomic E-state index is 3.66. The molecule has 0 unspecified atom stereocenters. The predicted molar refractivity (Wildman–Crippen MR) is 77.5 cm³/mol. The molecule has 1 saturated carbocycles. The molecule has 18 heavy (non-hydrogen) atoms. The number of hydrogen-bond donors (Lipinski definition) is 1. The minimum Gasteiger partial charge on any atom is -0.252 e. The van der Waals surface area contributed by atoms with Crippen LogP contribution in [0.3, 0.4) is 0 Å². The van der Waals surface area contributed by atoms with Crippen LogP contribution < -0.4 is 5.43 Å². The lowest BCUT2D eigenvalue weighted by Crippen LogP contribution is -2.45. The van der Waals surface area contributed by atoms with E-state index in [0.29, 0.717) is 6.04 Å². The zero-order valence-corrected chi connectivity index (χ0v) is 11.7. The summed E-state index contributed by atoms with van der Waals surface area (Å²) in [4.78, 5) is 0. The van der Waals surface area contributed by atoms with Gasteiger partial charge in [-0.1, -0.05) is 44.2 Å². The van der Waals surface area contributed by atoms with Gasteiger partial charge >= 0.3 is 0 Å². The second-order valence-corrected chi connectivity index (χ2v) is 5.26. The monoisotopic (exact) mass is 246 g/mol. The van der Waals surface area contributed by atoms with E-state index in [2.05, 4.69) is 54.6 Å². The second kappa shape index (κ2) is 6.91. The van der Waals surface area contributed by atoms with Crippen LogP contribution in [0.4, 0.5) is 0 Å². The molecule has 1 N–H and O–H groups in total. The Morgan fingerprint density at radius 2 is 1.61 bits per heavy atom. The van der Waals surface area contributed by atoms with E-state index in [0.717, 1.165) is 19.0 Å². The zero-order chi connectivity index (χ0) is 12.8. The number of hydrogen-bond acceptors (Lipinski definition) is 2. The fraction of sp³-hybridized carbons (Fsp3) is 0.625. The van der Waals surface area contributed by atoms with Gasteiger partial charge in [0, 0.05) is 19.1 Å². The van der Waals surface area contributed by atoms with Crippen LogP contribution in [-0.4, -0.2) is 24.1 Å². The molecule has 1 aliphatic rings. The summed E-state index contributed by atoms with van der Waals surface area (Å²) in [6.07, 6.45) is 5.25. The van der Waals surface area contributed by atoms with E-state index >= 15 is 0 Å². The Labute approximate surface area is 111 Å². The molecule has 0 radical (unpaired) electrons. The van der Waals surface area contributed by atoms with Gasteiger partial charge in [-0.3, -0.25) is 5.43 Å². The first-order chi connectivity index (χ1) is 8.83. The topological polar surface area (TPSA) is 15.3 Å². The predicted octanol–water partition coefficient (Wildman–Crippen LogP) is 3.56. The zero-order valence-electron chi connectivity index (χ0n) is 11.7. The molecule has 1 aliphatic carbocycles. The summed E-state index contributed by atoms with van der Waals surface area (Å²) in [5, 5.41) is 2.33. The van der Waals surface area contributed by atoms with E-state index in [1.807, 2.05) is 0 Å². The SMILES string of the molecule is CCN(CC)NC1CCC(c2ccccc2)CC1. The van der Waals surface area contributed by atoms with Crippen LogP contribution in [0.5, 0.6) is 0 Å². The van der Waals surface area contributed by atoms with Crippen molar-refractivity contribution in [3.63, 3.8) is 0 Å². The van der Waals surface area contributed by atoms with Crippen molar-refractivity contribution in [1.82, 2.24) is 10.4 Å². The highest BCUT2D eigenvalue weighted by Crippen LogP contribution is 2.32. The first-order valence-electron chi connectivity index (χ1n) is 7.39. The van der Waals surface area contributed by atoms with Crippen molar-refractivity contribution in [1.29, 1.82) is 0 Å². The summed E-state index contributed by atoms with van der Waals surface area (Å²) in [5.41, 5.74) is 5.19. The Kier molecular flexibility index (Phi) is 5.21. The van der Waals surface area contributed by atoms with Crippen LogP contribution in [0, 0.1) is 0 Å². The molecule has 2 heteroatoms. The average Bonchev–Trinajstić information content (AvgIpc) is 2.46. The van der Waals surface area contributed by atoms with E-state index in [4.69, 9.17) is 0 Å². The molecule has 0 heterocycles. The molecule has 100 valence electrons. The smallest absolute Gasteiger partial charge is 0.0215 e. The molecule has 2 rings (SSSR count). The quantitative estimate of drug-likeness (QED) is 0.799. The molecule has 0 aromatic heterocycles. The normalized spacial score (nSPS) is 24.4. The number of nitrogens with one attached hydrogen (secondary N) is 1. The van der Waals surface area contributed by atoms with Gasteiger partial charge in [0.1, 0.15) is 0 Å². The fourth-order valence-corrected chi connectivity index (χ4v) is 2.95. The van der Waals surface area contributed by atoms with Gasteiger partial charge in [-0.15, -0.1) is 0 Å². The van der Waals surface area contributed by atoms with Crippen LogP contribution in [0.2, 0.25) is 0 Å². The average molecular weight is 246 g/mol. The van der Waals surface area contributed by atoms with E-state index in [1.54, 1.807) is 0 Å². The Morgan fingerprint density at radius 3 is 2.17 bits per heavy atom. The van der Waals surface area contributed by atoms with E-state index in [1.165, 1.54) is 31.2 Å². The Bertz CT molecular complexity index is 324. The molecular weight excluding hydrogens is 220 g/mol. The summed E-state index contributed by atoms with van der Waals surface area (Å²) in [5.74, 6) is 0.779. The number of benzene rings is 1. The van der Waals surface area contributed by atoms with Gasteiger partial charge in [-0.05, 0) is 37.2 Å². The third kappa shape index (κ3) is 3.56. The third-order valence-corrected chi connectivity index (χ3v) is 4.13. The molecule has 1 aromatic rings. The Morgan fingerprint density at radius 1 is 1.00 bits per heavy atom. The summed E-state index contributed by atoms with van der Waals surface area (Å²) in [6, 6.07) is 11.7. The second-order valence-electron chi connectivity index (χ2n) is 5.26. The minimum atomic E-state index is 0.685. The van der Waals surface area contributed by atoms with Gasteiger partial charge in [0.15, 0.2) is 0 Å². The first-order valence-corrected chi connectivity index (χ1v) is 7.39. The van der Waals surface area contributed by atoms with Gasteiger partial charge in [-0.25, -0.2) is 5.01 Å².